The zero-order valence-electron chi connectivity index (χ0n) is 23.5. The first-order valence-electron chi connectivity index (χ1n) is 13.9. The van der Waals surface area contributed by atoms with Gasteiger partial charge in [0.2, 0.25) is 5.91 Å². The third-order valence-electron chi connectivity index (χ3n) is 8.40. The molecule has 1 unspecified atom stereocenters. The minimum atomic E-state index is -1.03. The Morgan fingerprint density at radius 1 is 1.07 bits per heavy atom. The molecule has 5 aromatic rings. The fraction of sp³-hybridized carbons (Fsp3) is 0.333. The van der Waals surface area contributed by atoms with E-state index >= 15 is 0 Å². The van der Waals surface area contributed by atoms with Crippen molar-refractivity contribution in [3.8, 4) is 11.3 Å². The Labute approximate surface area is 234 Å². The number of ether oxygens (including phenoxy) is 1. The van der Waals surface area contributed by atoms with E-state index in [0.29, 0.717) is 24.7 Å². The summed E-state index contributed by atoms with van der Waals surface area (Å²) in [5, 5.41) is 12.8. The van der Waals surface area contributed by atoms with Gasteiger partial charge in [-0.1, -0.05) is 42.5 Å². The molecule has 1 fully saturated rings. The number of carbonyl (C=O) groups excluding carboxylic acids is 1. The van der Waals surface area contributed by atoms with Gasteiger partial charge in [0, 0.05) is 42.2 Å². The number of imidazole rings is 1. The lowest BCUT2D eigenvalue weighted by molar-refractivity contribution is 0.0552. The van der Waals surface area contributed by atoms with Crippen molar-refractivity contribution in [1.82, 2.24) is 14.1 Å². The van der Waals surface area contributed by atoms with Gasteiger partial charge in [-0.05, 0) is 68.9 Å². The number of carbonyl (C=O) groups is 1. The predicted octanol–water partition coefficient (Wildman–Crippen LogP) is 5.85. The van der Waals surface area contributed by atoms with E-state index in [1.54, 1.807) is 20.2 Å². The monoisotopic (exact) mass is 536 g/mol. The quantitative estimate of drug-likeness (QED) is 0.285. The molecule has 2 aromatic heterocycles. The number of amides is 1. The molecule has 40 heavy (non-hydrogen) atoms. The molecule has 0 aliphatic carbocycles. The second kappa shape index (κ2) is 9.91. The van der Waals surface area contributed by atoms with Gasteiger partial charge in [0.25, 0.3) is 0 Å². The molecule has 3 heterocycles. The molecule has 1 amide bonds. The Hall–Kier alpha value is -3.94. The van der Waals surface area contributed by atoms with Gasteiger partial charge in [-0.15, -0.1) is 0 Å². The van der Waals surface area contributed by atoms with Crippen LogP contribution in [-0.4, -0.2) is 38.3 Å². The van der Waals surface area contributed by atoms with E-state index in [2.05, 4.69) is 45.9 Å². The van der Waals surface area contributed by atoms with Crippen molar-refractivity contribution in [3.05, 3.63) is 89.4 Å². The Kier molecular flexibility index (Phi) is 6.51. The van der Waals surface area contributed by atoms with E-state index in [1.807, 2.05) is 42.8 Å². The minimum Gasteiger partial charge on any atom is -0.386 e. The highest BCUT2D eigenvalue weighted by atomic mass is 16.5. The molecule has 206 valence electrons. The summed E-state index contributed by atoms with van der Waals surface area (Å²) in [6.45, 7) is 7.00. The number of rotatable bonds is 6. The maximum Gasteiger partial charge on any atom is 0.249 e. The normalized spacial score (nSPS) is 15.6. The number of aromatic nitrogens is 3. The maximum atomic E-state index is 13.1. The van der Waals surface area contributed by atoms with Crippen molar-refractivity contribution >= 4 is 27.7 Å². The Morgan fingerprint density at radius 2 is 1.80 bits per heavy atom. The number of fused-ring (bicyclic) bond motifs is 3. The van der Waals surface area contributed by atoms with Crippen LogP contribution in [0.1, 0.15) is 59.9 Å². The van der Waals surface area contributed by atoms with Crippen molar-refractivity contribution < 1.29 is 14.6 Å². The topological polar surface area (TPSA) is 95.3 Å². The van der Waals surface area contributed by atoms with Crippen LogP contribution in [0.3, 0.4) is 0 Å². The van der Waals surface area contributed by atoms with E-state index < -0.39 is 11.5 Å². The molecule has 7 heteroatoms. The average molecular weight is 537 g/mol. The minimum absolute atomic E-state index is 0.00855. The number of aliphatic hydroxyl groups is 1. The summed E-state index contributed by atoms with van der Waals surface area (Å²) < 4.78 is 10.1. The first-order valence-corrected chi connectivity index (χ1v) is 13.9. The number of hydrogen-bond acceptors (Lipinski definition) is 4. The lowest BCUT2D eigenvalue weighted by Gasteiger charge is -2.33. The molecule has 0 saturated carbocycles. The number of nitrogens with zero attached hydrogens (tertiary/aromatic N) is 3. The highest BCUT2D eigenvalue weighted by Crippen LogP contribution is 2.44. The lowest BCUT2D eigenvalue weighted by Crippen LogP contribution is -2.27. The van der Waals surface area contributed by atoms with Crippen molar-refractivity contribution in [2.75, 3.05) is 13.2 Å². The van der Waals surface area contributed by atoms with Gasteiger partial charge in [0.15, 0.2) is 0 Å². The van der Waals surface area contributed by atoms with E-state index in [4.69, 9.17) is 10.5 Å². The van der Waals surface area contributed by atoms with Gasteiger partial charge in [0.05, 0.1) is 40.4 Å². The highest BCUT2D eigenvalue weighted by Gasteiger charge is 2.32. The summed E-state index contributed by atoms with van der Waals surface area (Å²) in [6.07, 6.45) is 3.64. The van der Waals surface area contributed by atoms with Crippen molar-refractivity contribution in [1.29, 1.82) is 0 Å². The standard InChI is InChI=1S/C33H36N4O3/c1-20-30(36(4)19-35-20)23-16-26(32(34)38)29-25-11-10-24(33(2,3)39)18-27(25)37(28(29)17-23)31(21-8-6-5-7-9-21)22-12-14-40-15-13-22/h5-11,16-19,22,31,39H,12-15H2,1-4H3,(H2,34,38). The Bertz CT molecular complexity index is 1700. The molecule has 0 spiro atoms. The lowest BCUT2D eigenvalue weighted by atomic mass is 9.86. The van der Waals surface area contributed by atoms with E-state index in [1.165, 1.54) is 5.56 Å². The molecule has 7 nitrogen and oxygen atoms in total. The Morgan fingerprint density at radius 3 is 2.42 bits per heavy atom. The molecule has 3 N–H and O–H groups in total. The zero-order valence-corrected chi connectivity index (χ0v) is 23.5. The zero-order chi connectivity index (χ0) is 28.2. The Balaban J connectivity index is 1.77. The van der Waals surface area contributed by atoms with Crippen LogP contribution >= 0.6 is 0 Å². The molecule has 1 aliphatic heterocycles. The van der Waals surface area contributed by atoms with Crippen molar-refractivity contribution in [3.63, 3.8) is 0 Å². The fourth-order valence-corrected chi connectivity index (χ4v) is 6.46. The second-order valence-corrected chi connectivity index (χ2v) is 11.5. The van der Waals surface area contributed by atoms with Crippen LogP contribution in [0.15, 0.2) is 67.0 Å². The van der Waals surface area contributed by atoms with E-state index in [0.717, 1.165) is 57.2 Å². The van der Waals surface area contributed by atoms with Gasteiger partial charge >= 0.3 is 0 Å². The molecule has 1 aliphatic rings. The summed E-state index contributed by atoms with van der Waals surface area (Å²) in [5.74, 6) is -0.153. The van der Waals surface area contributed by atoms with Gasteiger partial charge < -0.3 is 24.7 Å². The van der Waals surface area contributed by atoms with Crippen LogP contribution in [0.4, 0.5) is 0 Å². The highest BCUT2D eigenvalue weighted by molar-refractivity contribution is 6.19. The van der Waals surface area contributed by atoms with Crippen LogP contribution in [0.25, 0.3) is 33.1 Å². The molecular weight excluding hydrogens is 500 g/mol. The molecule has 0 radical (unpaired) electrons. The van der Waals surface area contributed by atoms with Crippen LogP contribution in [0.5, 0.6) is 0 Å². The van der Waals surface area contributed by atoms with Crippen LogP contribution in [-0.2, 0) is 17.4 Å². The molecular formula is C33H36N4O3. The molecule has 0 bridgehead atoms. The van der Waals surface area contributed by atoms with Gasteiger partial charge in [-0.3, -0.25) is 4.79 Å². The number of nitrogens with two attached hydrogens (primary N) is 1. The van der Waals surface area contributed by atoms with Gasteiger partial charge in [-0.25, -0.2) is 4.98 Å². The number of primary amides is 1. The number of hydrogen-bond donors (Lipinski definition) is 2. The first-order chi connectivity index (χ1) is 19.1. The summed E-state index contributed by atoms with van der Waals surface area (Å²) in [7, 11) is 1.96. The smallest absolute Gasteiger partial charge is 0.249 e. The molecule has 1 atom stereocenters. The average Bonchev–Trinajstić information content (AvgIpc) is 3.44. The van der Waals surface area contributed by atoms with E-state index in [-0.39, 0.29) is 6.04 Å². The van der Waals surface area contributed by atoms with Crippen LogP contribution < -0.4 is 5.73 Å². The number of benzene rings is 3. The molecule has 3 aromatic carbocycles. The molecule has 1 saturated heterocycles. The maximum absolute atomic E-state index is 13.1. The predicted molar refractivity (Wildman–Crippen MR) is 158 cm³/mol. The third kappa shape index (κ3) is 4.39. The van der Waals surface area contributed by atoms with Gasteiger partial charge in [0.1, 0.15) is 0 Å². The first kappa shape index (κ1) is 26.3. The summed E-state index contributed by atoms with van der Waals surface area (Å²) in [6, 6.07) is 20.7. The molecule has 6 rings (SSSR count). The van der Waals surface area contributed by atoms with Gasteiger partial charge in [-0.2, -0.15) is 0 Å². The number of aryl methyl sites for hydroxylation is 2. The summed E-state index contributed by atoms with van der Waals surface area (Å²) in [5.41, 5.74) is 12.2. The fourth-order valence-electron chi connectivity index (χ4n) is 6.46. The second-order valence-electron chi connectivity index (χ2n) is 11.5. The van der Waals surface area contributed by atoms with Crippen LogP contribution in [0.2, 0.25) is 0 Å². The van der Waals surface area contributed by atoms with E-state index in [9.17, 15) is 9.90 Å². The van der Waals surface area contributed by atoms with Crippen molar-refractivity contribution in [2.45, 2.75) is 45.3 Å². The largest absolute Gasteiger partial charge is 0.386 e. The summed E-state index contributed by atoms with van der Waals surface area (Å²) >= 11 is 0. The SMILES string of the molecule is Cc1ncn(C)c1-c1cc(C(N)=O)c2c3ccc(C(C)(C)O)cc3n(C(c3ccccc3)C3CCOCC3)c2c1. The van der Waals surface area contributed by atoms with Crippen LogP contribution in [0, 0.1) is 12.8 Å². The van der Waals surface area contributed by atoms with Crippen molar-refractivity contribution in [2.24, 2.45) is 18.7 Å². The summed E-state index contributed by atoms with van der Waals surface area (Å²) in [4.78, 5) is 17.6. The third-order valence-corrected chi connectivity index (χ3v) is 8.40.